The lowest BCUT2D eigenvalue weighted by Crippen LogP contribution is -1.94. The van der Waals surface area contributed by atoms with Crippen LogP contribution in [0.25, 0.3) is 11.3 Å². The van der Waals surface area contributed by atoms with Gasteiger partial charge in [0, 0.05) is 17.0 Å². The van der Waals surface area contributed by atoms with Crippen molar-refractivity contribution in [3.63, 3.8) is 0 Å². The highest BCUT2D eigenvalue weighted by atomic mass is 32.1. The Morgan fingerprint density at radius 3 is 2.39 bits per heavy atom. The molecule has 0 fully saturated rings. The Kier molecular flexibility index (Phi) is 3.72. The number of methoxy groups -OCH3 is 3. The predicted octanol–water partition coefficient (Wildman–Crippen LogP) is 3.14. The molecule has 1 aromatic carbocycles. The van der Waals surface area contributed by atoms with E-state index in [0.717, 1.165) is 28.3 Å². The molecule has 0 amide bonds. The topological polar surface area (TPSA) is 40.6 Å². The van der Waals surface area contributed by atoms with Crippen molar-refractivity contribution in [1.82, 2.24) is 4.98 Å². The van der Waals surface area contributed by atoms with Gasteiger partial charge in [0.1, 0.15) is 11.5 Å². The molecule has 0 atom stereocenters. The molecule has 0 N–H and O–H groups in total. The maximum atomic E-state index is 5.41. The van der Waals surface area contributed by atoms with Crippen molar-refractivity contribution in [2.24, 2.45) is 0 Å². The number of benzene rings is 1. The Morgan fingerprint density at radius 1 is 1.06 bits per heavy atom. The molecular formula is C13H15NO3S. The minimum Gasteiger partial charge on any atom is -0.497 e. The summed E-state index contributed by atoms with van der Waals surface area (Å²) in [4.78, 5) is 4.40. The van der Waals surface area contributed by atoms with Crippen LogP contribution in [0, 0.1) is 6.92 Å². The van der Waals surface area contributed by atoms with Gasteiger partial charge in [0.25, 0.3) is 5.19 Å². The molecule has 1 heterocycles. The minimum absolute atomic E-state index is 0.641. The molecule has 0 radical (unpaired) electrons. The Labute approximate surface area is 110 Å². The van der Waals surface area contributed by atoms with Crippen LogP contribution in [0.2, 0.25) is 0 Å². The van der Waals surface area contributed by atoms with Gasteiger partial charge in [-0.1, -0.05) is 11.3 Å². The van der Waals surface area contributed by atoms with Crippen molar-refractivity contribution >= 4 is 11.3 Å². The zero-order valence-corrected chi connectivity index (χ0v) is 11.6. The molecule has 0 aliphatic rings. The van der Waals surface area contributed by atoms with E-state index in [-0.39, 0.29) is 0 Å². The van der Waals surface area contributed by atoms with Gasteiger partial charge in [0.2, 0.25) is 0 Å². The molecule has 18 heavy (non-hydrogen) atoms. The molecule has 0 spiro atoms. The number of aromatic nitrogens is 1. The molecule has 0 saturated heterocycles. The van der Waals surface area contributed by atoms with Crippen LogP contribution in [-0.4, -0.2) is 26.3 Å². The first kappa shape index (κ1) is 12.7. The zero-order valence-electron chi connectivity index (χ0n) is 10.8. The van der Waals surface area contributed by atoms with E-state index in [1.54, 1.807) is 21.3 Å². The normalized spacial score (nSPS) is 10.2. The van der Waals surface area contributed by atoms with Crippen LogP contribution < -0.4 is 14.2 Å². The lowest BCUT2D eigenvalue weighted by molar-refractivity contribution is 0.394. The molecule has 96 valence electrons. The monoisotopic (exact) mass is 265 g/mol. The number of aryl methyl sites for hydroxylation is 1. The number of hydrogen-bond acceptors (Lipinski definition) is 5. The van der Waals surface area contributed by atoms with Gasteiger partial charge in [0.15, 0.2) is 0 Å². The summed E-state index contributed by atoms with van der Waals surface area (Å²) in [5.41, 5.74) is 2.88. The van der Waals surface area contributed by atoms with Crippen molar-refractivity contribution < 1.29 is 14.2 Å². The maximum Gasteiger partial charge on any atom is 0.273 e. The Morgan fingerprint density at radius 2 is 1.83 bits per heavy atom. The quantitative estimate of drug-likeness (QED) is 0.851. The fourth-order valence-electron chi connectivity index (χ4n) is 1.80. The largest absolute Gasteiger partial charge is 0.497 e. The first-order chi connectivity index (χ1) is 8.69. The van der Waals surface area contributed by atoms with Gasteiger partial charge in [-0.3, -0.25) is 0 Å². The van der Waals surface area contributed by atoms with E-state index in [0.29, 0.717) is 5.19 Å². The van der Waals surface area contributed by atoms with Crippen molar-refractivity contribution in [2.75, 3.05) is 21.3 Å². The van der Waals surface area contributed by atoms with E-state index in [4.69, 9.17) is 14.2 Å². The van der Waals surface area contributed by atoms with Crippen molar-refractivity contribution in [1.29, 1.82) is 0 Å². The van der Waals surface area contributed by atoms with Gasteiger partial charge >= 0.3 is 0 Å². The summed E-state index contributed by atoms with van der Waals surface area (Å²) in [5, 5.41) is 2.60. The Balaban J connectivity index is 2.55. The van der Waals surface area contributed by atoms with E-state index in [2.05, 4.69) is 4.98 Å². The fraction of sp³-hybridized carbons (Fsp3) is 0.308. The lowest BCUT2D eigenvalue weighted by Gasteiger charge is -2.11. The van der Waals surface area contributed by atoms with Crippen molar-refractivity contribution in [3.05, 3.63) is 23.1 Å². The van der Waals surface area contributed by atoms with E-state index in [9.17, 15) is 0 Å². The number of thiazole rings is 1. The van der Waals surface area contributed by atoms with E-state index in [1.807, 2.05) is 24.4 Å². The molecule has 1 aromatic heterocycles. The lowest BCUT2D eigenvalue weighted by atomic mass is 10.0. The first-order valence-corrected chi connectivity index (χ1v) is 6.30. The molecule has 0 aliphatic carbocycles. The number of hydrogen-bond donors (Lipinski definition) is 0. The molecule has 4 nitrogen and oxygen atoms in total. The SMILES string of the molecule is COc1cc(C)c(-c2csc(OC)n2)c(OC)c1. The summed E-state index contributed by atoms with van der Waals surface area (Å²) in [6.45, 7) is 2.01. The summed E-state index contributed by atoms with van der Waals surface area (Å²) in [6.07, 6.45) is 0. The van der Waals surface area contributed by atoms with E-state index >= 15 is 0 Å². The van der Waals surface area contributed by atoms with Crippen LogP contribution in [0.15, 0.2) is 17.5 Å². The van der Waals surface area contributed by atoms with Crippen LogP contribution >= 0.6 is 11.3 Å². The summed E-state index contributed by atoms with van der Waals surface area (Å²) in [5.74, 6) is 1.52. The average Bonchev–Trinajstić information content (AvgIpc) is 2.85. The van der Waals surface area contributed by atoms with Crippen LogP contribution in [0.3, 0.4) is 0 Å². The fourth-order valence-corrected chi connectivity index (χ4v) is 2.43. The van der Waals surface area contributed by atoms with Crippen LogP contribution in [0.1, 0.15) is 5.56 Å². The molecule has 0 aliphatic heterocycles. The van der Waals surface area contributed by atoms with Crippen molar-refractivity contribution in [3.8, 4) is 28.0 Å². The summed E-state index contributed by atoms with van der Waals surface area (Å²) >= 11 is 1.46. The van der Waals surface area contributed by atoms with Gasteiger partial charge in [-0.25, -0.2) is 4.98 Å². The maximum absolute atomic E-state index is 5.41. The zero-order chi connectivity index (χ0) is 13.1. The van der Waals surface area contributed by atoms with Gasteiger partial charge in [-0.05, 0) is 18.6 Å². The highest BCUT2D eigenvalue weighted by Gasteiger charge is 2.14. The van der Waals surface area contributed by atoms with E-state index in [1.165, 1.54) is 11.3 Å². The predicted molar refractivity (Wildman–Crippen MR) is 71.9 cm³/mol. The van der Waals surface area contributed by atoms with Crippen LogP contribution in [0.4, 0.5) is 0 Å². The third-order valence-corrected chi connectivity index (χ3v) is 3.44. The van der Waals surface area contributed by atoms with Gasteiger partial charge in [-0.15, -0.1) is 0 Å². The number of nitrogens with zero attached hydrogens (tertiary/aromatic N) is 1. The molecule has 5 heteroatoms. The third kappa shape index (κ3) is 2.26. The number of rotatable bonds is 4. The standard InChI is InChI=1S/C13H15NO3S/c1-8-5-9(15-2)6-11(16-3)12(8)10-7-18-13(14-10)17-4/h5-7H,1-4H3. The molecular weight excluding hydrogens is 250 g/mol. The average molecular weight is 265 g/mol. The molecule has 0 unspecified atom stereocenters. The van der Waals surface area contributed by atoms with Gasteiger partial charge in [0.05, 0.1) is 27.0 Å². The smallest absolute Gasteiger partial charge is 0.273 e. The highest BCUT2D eigenvalue weighted by Crippen LogP contribution is 2.38. The molecule has 2 aromatic rings. The van der Waals surface area contributed by atoms with Gasteiger partial charge < -0.3 is 14.2 Å². The van der Waals surface area contributed by atoms with Crippen molar-refractivity contribution in [2.45, 2.75) is 6.92 Å². The van der Waals surface area contributed by atoms with Gasteiger partial charge in [-0.2, -0.15) is 0 Å². The van der Waals surface area contributed by atoms with Crippen LogP contribution in [-0.2, 0) is 0 Å². The summed E-state index contributed by atoms with van der Waals surface area (Å²) < 4.78 is 15.8. The minimum atomic E-state index is 0.641. The van der Waals surface area contributed by atoms with E-state index < -0.39 is 0 Å². The third-order valence-electron chi connectivity index (χ3n) is 2.64. The number of ether oxygens (including phenoxy) is 3. The Bertz CT molecular complexity index is 551. The second kappa shape index (κ2) is 5.27. The second-order valence-electron chi connectivity index (χ2n) is 3.72. The molecule has 2 rings (SSSR count). The Hall–Kier alpha value is -1.75. The van der Waals surface area contributed by atoms with Crippen LogP contribution in [0.5, 0.6) is 16.7 Å². The summed E-state index contributed by atoms with van der Waals surface area (Å²) in [6, 6.07) is 3.82. The summed E-state index contributed by atoms with van der Waals surface area (Å²) in [7, 11) is 4.89. The first-order valence-electron chi connectivity index (χ1n) is 5.42. The molecule has 0 saturated carbocycles. The highest BCUT2D eigenvalue weighted by molar-refractivity contribution is 7.11. The second-order valence-corrected chi connectivity index (χ2v) is 4.54. The molecule has 0 bridgehead atoms.